The summed E-state index contributed by atoms with van der Waals surface area (Å²) in [5.74, 6) is 0. The highest BCUT2D eigenvalue weighted by Gasteiger charge is 2.56. The van der Waals surface area contributed by atoms with E-state index in [1.165, 1.54) is 12.1 Å². The molecule has 5 nitrogen and oxygen atoms in total. The largest absolute Gasteiger partial charge is 0.269 e. The highest BCUT2D eigenvalue weighted by molar-refractivity contribution is 7.92. The van der Waals surface area contributed by atoms with Crippen molar-refractivity contribution in [3.8, 4) is 0 Å². The first kappa shape index (κ1) is 13.8. The van der Waals surface area contributed by atoms with Crippen LogP contribution in [-0.4, -0.2) is 13.3 Å². The van der Waals surface area contributed by atoms with Gasteiger partial charge in [-0.2, -0.15) is 0 Å². The van der Waals surface area contributed by atoms with E-state index in [4.69, 9.17) is 0 Å². The molecule has 0 amide bonds. The van der Waals surface area contributed by atoms with E-state index in [2.05, 4.69) is 0 Å². The molecule has 0 aromatic heterocycles. The summed E-state index contributed by atoms with van der Waals surface area (Å²) in [5, 5.41) is 10.7. The zero-order valence-corrected chi connectivity index (χ0v) is 11.9. The van der Waals surface area contributed by atoms with Crippen LogP contribution in [0.15, 0.2) is 59.5 Å². The standard InChI is InChI=1S/C15H13NO4S/c17-16(18)13-8-6-12(7-9-13)15(10-11-15)21(19,20)14-4-2-1-3-5-14/h1-9H,10-11H2. The van der Waals surface area contributed by atoms with E-state index in [1.807, 2.05) is 0 Å². The number of hydrogen-bond donors (Lipinski definition) is 0. The lowest BCUT2D eigenvalue weighted by Crippen LogP contribution is -2.21. The van der Waals surface area contributed by atoms with Gasteiger partial charge in [-0.15, -0.1) is 0 Å². The molecule has 21 heavy (non-hydrogen) atoms. The fourth-order valence-electron chi connectivity index (χ4n) is 2.54. The van der Waals surface area contributed by atoms with Gasteiger partial charge in [-0.25, -0.2) is 8.42 Å². The molecule has 1 aliphatic rings. The molecule has 1 fully saturated rings. The Hall–Kier alpha value is -2.21. The molecule has 0 N–H and O–H groups in total. The maximum atomic E-state index is 12.8. The molecule has 2 aromatic rings. The van der Waals surface area contributed by atoms with Gasteiger partial charge in [-0.3, -0.25) is 10.1 Å². The molecule has 1 aliphatic carbocycles. The summed E-state index contributed by atoms with van der Waals surface area (Å²) in [6, 6.07) is 14.1. The number of nitro benzene ring substituents is 1. The number of benzene rings is 2. The summed E-state index contributed by atoms with van der Waals surface area (Å²) in [5.41, 5.74) is 0.587. The highest BCUT2D eigenvalue weighted by Crippen LogP contribution is 2.55. The first-order valence-electron chi connectivity index (χ1n) is 6.52. The van der Waals surface area contributed by atoms with E-state index in [1.54, 1.807) is 42.5 Å². The van der Waals surface area contributed by atoms with Crippen LogP contribution in [0.4, 0.5) is 5.69 Å². The smallest absolute Gasteiger partial charge is 0.258 e. The van der Waals surface area contributed by atoms with E-state index in [0.717, 1.165) is 0 Å². The van der Waals surface area contributed by atoms with E-state index < -0.39 is 19.5 Å². The van der Waals surface area contributed by atoms with Gasteiger partial charge in [0.15, 0.2) is 9.84 Å². The minimum absolute atomic E-state index is 0.0355. The minimum atomic E-state index is -3.48. The summed E-state index contributed by atoms with van der Waals surface area (Å²) in [6.07, 6.45) is 1.09. The fourth-order valence-corrected chi connectivity index (χ4v) is 4.59. The van der Waals surface area contributed by atoms with Crippen molar-refractivity contribution in [1.82, 2.24) is 0 Å². The van der Waals surface area contributed by atoms with E-state index in [9.17, 15) is 18.5 Å². The quantitative estimate of drug-likeness (QED) is 0.642. The van der Waals surface area contributed by atoms with Crippen LogP contribution in [0.1, 0.15) is 18.4 Å². The van der Waals surface area contributed by atoms with Gasteiger partial charge in [0.2, 0.25) is 0 Å². The van der Waals surface area contributed by atoms with E-state index in [-0.39, 0.29) is 5.69 Å². The Bertz CT molecular complexity index is 778. The van der Waals surface area contributed by atoms with Crippen LogP contribution in [0.5, 0.6) is 0 Å². The number of nitro groups is 1. The third kappa shape index (κ3) is 2.12. The highest BCUT2D eigenvalue weighted by atomic mass is 32.2. The molecule has 0 unspecified atom stereocenters. The Kier molecular flexibility index (Phi) is 3.06. The lowest BCUT2D eigenvalue weighted by Gasteiger charge is -2.16. The third-order valence-corrected chi connectivity index (χ3v) is 6.44. The summed E-state index contributed by atoms with van der Waals surface area (Å²) in [7, 11) is -3.48. The van der Waals surface area contributed by atoms with Crippen molar-refractivity contribution in [2.75, 3.05) is 0 Å². The van der Waals surface area contributed by atoms with Gasteiger partial charge in [0.1, 0.15) is 4.75 Å². The van der Waals surface area contributed by atoms with Crippen LogP contribution in [0.25, 0.3) is 0 Å². The van der Waals surface area contributed by atoms with Crippen molar-refractivity contribution in [3.63, 3.8) is 0 Å². The zero-order chi connectivity index (χ0) is 15.1. The number of sulfone groups is 1. The van der Waals surface area contributed by atoms with Gasteiger partial charge in [0.05, 0.1) is 9.82 Å². The fraction of sp³-hybridized carbons (Fsp3) is 0.200. The Morgan fingerprint density at radius 2 is 1.52 bits per heavy atom. The zero-order valence-electron chi connectivity index (χ0n) is 11.1. The monoisotopic (exact) mass is 303 g/mol. The van der Waals surface area contributed by atoms with Crippen molar-refractivity contribution in [3.05, 3.63) is 70.3 Å². The number of hydrogen-bond acceptors (Lipinski definition) is 4. The van der Waals surface area contributed by atoms with Crippen molar-refractivity contribution >= 4 is 15.5 Å². The predicted octanol–water partition coefficient (Wildman–Crippen LogP) is 3.06. The van der Waals surface area contributed by atoms with Crippen LogP contribution in [0, 0.1) is 10.1 Å². The molecule has 2 aromatic carbocycles. The molecule has 0 bridgehead atoms. The average Bonchev–Trinajstić information content (AvgIpc) is 3.30. The Balaban J connectivity index is 2.03. The van der Waals surface area contributed by atoms with E-state index in [0.29, 0.717) is 23.3 Å². The molecule has 0 spiro atoms. The van der Waals surface area contributed by atoms with Crippen molar-refractivity contribution < 1.29 is 13.3 Å². The molecule has 6 heteroatoms. The predicted molar refractivity (Wildman–Crippen MR) is 77.6 cm³/mol. The van der Waals surface area contributed by atoms with E-state index >= 15 is 0 Å². The number of non-ortho nitro benzene ring substituents is 1. The Morgan fingerprint density at radius 1 is 0.952 bits per heavy atom. The normalized spacial score (nSPS) is 16.4. The molecule has 0 heterocycles. The first-order chi connectivity index (χ1) is 9.97. The lowest BCUT2D eigenvalue weighted by molar-refractivity contribution is -0.384. The molecular weight excluding hydrogens is 290 g/mol. The molecule has 0 radical (unpaired) electrons. The van der Waals surface area contributed by atoms with Gasteiger partial charge >= 0.3 is 0 Å². The molecule has 1 saturated carbocycles. The van der Waals surface area contributed by atoms with Crippen molar-refractivity contribution in [1.29, 1.82) is 0 Å². The molecule has 0 atom stereocenters. The molecule has 3 rings (SSSR count). The summed E-state index contributed by atoms with van der Waals surface area (Å²) in [4.78, 5) is 10.5. The third-order valence-electron chi connectivity index (χ3n) is 3.88. The van der Waals surface area contributed by atoms with Crippen LogP contribution in [-0.2, 0) is 14.6 Å². The van der Waals surface area contributed by atoms with Crippen LogP contribution < -0.4 is 0 Å². The second-order valence-corrected chi connectivity index (χ2v) is 7.37. The van der Waals surface area contributed by atoms with Gasteiger partial charge in [0, 0.05) is 12.1 Å². The van der Waals surface area contributed by atoms with Gasteiger partial charge in [0.25, 0.3) is 5.69 Å². The Labute approximate surface area is 122 Å². The Morgan fingerprint density at radius 3 is 2.00 bits per heavy atom. The topological polar surface area (TPSA) is 77.3 Å². The van der Waals surface area contributed by atoms with Gasteiger partial charge in [-0.05, 0) is 30.5 Å². The minimum Gasteiger partial charge on any atom is -0.258 e. The number of rotatable bonds is 4. The molecule has 0 saturated heterocycles. The lowest BCUT2D eigenvalue weighted by atomic mass is 10.1. The number of nitrogens with zero attached hydrogens (tertiary/aromatic N) is 1. The van der Waals surface area contributed by atoms with Crippen molar-refractivity contribution in [2.24, 2.45) is 0 Å². The van der Waals surface area contributed by atoms with Crippen LogP contribution in [0.3, 0.4) is 0 Å². The second kappa shape index (κ2) is 4.66. The maximum Gasteiger partial charge on any atom is 0.269 e. The summed E-state index contributed by atoms with van der Waals surface area (Å²) >= 11 is 0. The molecular formula is C15H13NO4S. The van der Waals surface area contributed by atoms with Gasteiger partial charge < -0.3 is 0 Å². The average molecular weight is 303 g/mol. The summed E-state index contributed by atoms with van der Waals surface area (Å²) < 4.78 is 24.7. The summed E-state index contributed by atoms with van der Waals surface area (Å²) in [6.45, 7) is 0. The second-order valence-electron chi connectivity index (χ2n) is 5.11. The first-order valence-corrected chi connectivity index (χ1v) is 8.00. The van der Waals surface area contributed by atoms with Crippen LogP contribution >= 0.6 is 0 Å². The molecule has 108 valence electrons. The van der Waals surface area contributed by atoms with Gasteiger partial charge in [-0.1, -0.05) is 30.3 Å². The van der Waals surface area contributed by atoms with Crippen LogP contribution in [0.2, 0.25) is 0 Å². The SMILES string of the molecule is O=[N+]([O-])c1ccc(C2(S(=O)(=O)c3ccccc3)CC2)cc1. The van der Waals surface area contributed by atoms with Crippen molar-refractivity contribution in [2.45, 2.75) is 22.5 Å². The molecule has 0 aliphatic heterocycles. The maximum absolute atomic E-state index is 12.8.